The Bertz CT molecular complexity index is 199. The molecule has 0 N–H and O–H groups in total. The van der Waals surface area contributed by atoms with Crippen molar-refractivity contribution in [1.82, 2.24) is 4.57 Å². The molecule has 0 amide bonds. The molecule has 0 aromatic carbocycles. The number of aromatic nitrogens is 1. The van der Waals surface area contributed by atoms with Crippen molar-refractivity contribution in [1.29, 1.82) is 0 Å². The SMILES string of the molecule is Cn1[c][c]sc1=O. The minimum atomic E-state index is -0.0139. The summed E-state index contributed by atoms with van der Waals surface area (Å²) < 4.78 is 1.37. The Morgan fingerprint density at radius 2 is 2.57 bits per heavy atom. The number of nitrogens with zero attached hydrogens (tertiary/aromatic N) is 1. The molecule has 1 heterocycles. The molecule has 0 bridgehead atoms. The normalized spacial score (nSPS) is 9.29. The second-order valence-corrected chi connectivity index (χ2v) is 1.90. The van der Waals surface area contributed by atoms with E-state index in [-0.39, 0.29) is 4.87 Å². The molecule has 2 radical (unpaired) electrons. The fraction of sp³-hybridized carbons (Fsp3) is 0.250. The fourth-order valence-corrected chi connectivity index (χ4v) is 0.702. The van der Waals surface area contributed by atoms with E-state index in [1.54, 1.807) is 7.05 Å². The lowest BCUT2D eigenvalue weighted by atomic mass is 10.9. The lowest BCUT2D eigenvalue weighted by Crippen LogP contribution is -2.05. The van der Waals surface area contributed by atoms with E-state index in [1.165, 1.54) is 4.57 Å². The van der Waals surface area contributed by atoms with E-state index in [0.717, 1.165) is 11.3 Å². The highest BCUT2D eigenvalue weighted by atomic mass is 32.1. The minimum Gasteiger partial charge on any atom is -0.300 e. The highest BCUT2D eigenvalue weighted by molar-refractivity contribution is 7.06. The lowest BCUT2D eigenvalue weighted by molar-refractivity contribution is 0.887. The predicted molar refractivity (Wildman–Crippen MR) is 27.2 cm³/mol. The molecule has 1 rings (SSSR count). The first-order valence-electron chi connectivity index (χ1n) is 1.76. The van der Waals surface area contributed by atoms with E-state index in [0.29, 0.717) is 0 Å². The predicted octanol–water partition coefficient (Wildman–Crippen LogP) is 0.0472. The Kier molecular flexibility index (Phi) is 0.982. The third-order valence-corrected chi connectivity index (χ3v) is 1.27. The van der Waals surface area contributed by atoms with E-state index in [1.807, 2.05) is 0 Å². The Morgan fingerprint density at radius 1 is 1.86 bits per heavy atom. The second-order valence-electron chi connectivity index (χ2n) is 1.14. The van der Waals surface area contributed by atoms with Crippen LogP contribution < -0.4 is 4.87 Å². The van der Waals surface area contributed by atoms with Gasteiger partial charge in [-0.25, -0.2) is 0 Å². The van der Waals surface area contributed by atoms with Gasteiger partial charge in [-0.2, -0.15) is 0 Å². The smallest absolute Gasteiger partial charge is 0.300 e. The Labute approximate surface area is 45.0 Å². The maximum Gasteiger partial charge on any atom is 0.307 e. The average Bonchev–Trinajstić information content (AvgIpc) is 1.91. The van der Waals surface area contributed by atoms with Gasteiger partial charge in [-0.15, -0.1) is 0 Å². The van der Waals surface area contributed by atoms with Crippen LogP contribution in [0.3, 0.4) is 0 Å². The van der Waals surface area contributed by atoms with Crippen molar-refractivity contribution >= 4 is 11.3 Å². The molecule has 0 atom stereocenters. The maximum atomic E-state index is 10.3. The van der Waals surface area contributed by atoms with Crippen LogP contribution in [0.1, 0.15) is 0 Å². The number of hydrogen-bond acceptors (Lipinski definition) is 2. The van der Waals surface area contributed by atoms with Crippen LogP contribution in [0.25, 0.3) is 0 Å². The molecule has 3 heteroatoms. The van der Waals surface area contributed by atoms with Gasteiger partial charge in [0.25, 0.3) is 0 Å². The minimum absolute atomic E-state index is 0.0139. The topological polar surface area (TPSA) is 22.0 Å². The van der Waals surface area contributed by atoms with Crippen molar-refractivity contribution < 1.29 is 0 Å². The van der Waals surface area contributed by atoms with Crippen molar-refractivity contribution in [2.24, 2.45) is 7.05 Å². The van der Waals surface area contributed by atoms with Gasteiger partial charge in [-0.1, -0.05) is 11.3 Å². The van der Waals surface area contributed by atoms with Crippen molar-refractivity contribution in [3.05, 3.63) is 21.2 Å². The van der Waals surface area contributed by atoms with E-state index < -0.39 is 0 Å². The van der Waals surface area contributed by atoms with Gasteiger partial charge in [0.05, 0.1) is 11.6 Å². The van der Waals surface area contributed by atoms with E-state index in [4.69, 9.17) is 0 Å². The molecule has 7 heavy (non-hydrogen) atoms. The zero-order valence-electron chi connectivity index (χ0n) is 3.76. The van der Waals surface area contributed by atoms with Gasteiger partial charge in [-0.3, -0.25) is 9.36 Å². The molecule has 0 fully saturated rings. The summed E-state index contributed by atoms with van der Waals surface area (Å²) in [7, 11) is 1.65. The summed E-state index contributed by atoms with van der Waals surface area (Å²) in [6.45, 7) is 0. The first kappa shape index (κ1) is 4.59. The Hall–Kier alpha value is -0.570. The quantitative estimate of drug-likeness (QED) is 0.466. The van der Waals surface area contributed by atoms with Crippen LogP contribution in [0.2, 0.25) is 0 Å². The summed E-state index contributed by atoms with van der Waals surface area (Å²) in [5.74, 6) is 0. The van der Waals surface area contributed by atoms with Crippen molar-refractivity contribution in [3.63, 3.8) is 0 Å². The number of rotatable bonds is 0. The standard InChI is InChI=1S/C4H3NOS/c1-5-2-3-7-4(5)6/h1H3. The van der Waals surface area contributed by atoms with Gasteiger partial charge in [0.1, 0.15) is 0 Å². The fourth-order valence-electron chi connectivity index (χ4n) is 0.249. The molecule has 1 aromatic rings. The highest BCUT2D eigenvalue weighted by Crippen LogP contribution is 1.79. The third kappa shape index (κ3) is 0.718. The molecule has 0 aliphatic rings. The van der Waals surface area contributed by atoms with Crippen LogP contribution in [-0.2, 0) is 7.05 Å². The van der Waals surface area contributed by atoms with E-state index in [9.17, 15) is 4.79 Å². The molecule has 0 spiro atoms. The van der Waals surface area contributed by atoms with Gasteiger partial charge < -0.3 is 0 Å². The third-order valence-electron chi connectivity index (χ3n) is 0.626. The first-order valence-corrected chi connectivity index (χ1v) is 2.57. The molecular weight excluding hydrogens is 110 g/mol. The molecule has 2 nitrogen and oxygen atoms in total. The average molecular weight is 113 g/mol. The van der Waals surface area contributed by atoms with Crippen molar-refractivity contribution in [2.45, 2.75) is 0 Å². The molecular formula is C4H3NOS. The molecule has 0 unspecified atom stereocenters. The number of thiazole rings is 1. The molecule has 0 saturated heterocycles. The van der Waals surface area contributed by atoms with E-state index in [2.05, 4.69) is 11.6 Å². The van der Waals surface area contributed by atoms with Gasteiger partial charge in [-0.05, 0) is 0 Å². The van der Waals surface area contributed by atoms with Crippen LogP contribution in [0.15, 0.2) is 4.79 Å². The molecule has 0 saturated carbocycles. The summed E-state index contributed by atoms with van der Waals surface area (Å²) in [4.78, 5) is 10.3. The van der Waals surface area contributed by atoms with Crippen LogP contribution >= 0.6 is 11.3 Å². The van der Waals surface area contributed by atoms with Gasteiger partial charge in [0.15, 0.2) is 0 Å². The number of aryl methyl sites for hydroxylation is 1. The summed E-state index contributed by atoms with van der Waals surface area (Å²) in [6.07, 6.45) is 2.57. The summed E-state index contributed by atoms with van der Waals surface area (Å²) >= 11 is 1.03. The Balaban J connectivity index is 3.39. The first-order chi connectivity index (χ1) is 3.30. The van der Waals surface area contributed by atoms with Crippen molar-refractivity contribution in [2.75, 3.05) is 0 Å². The van der Waals surface area contributed by atoms with Gasteiger partial charge >= 0.3 is 4.87 Å². The van der Waals surface area contributed by atoms with E-state index >= 15 is 0 Å². The molecule has 36 valence electrons. The largest absolute Gasteiger partial charge is 0.307 e. The van der Waals surface area contributed by atoms with Crippen LogP contribution in [0.4, 0.5) is 0 Å². The van der Waals surface area contributed by atoms with Crippen LogP contribution in [0.5, 0.6) is 0 Å². The second kappa shape index (κ2) is 1.50. The zero-order valence-corrected chi connectivity index (χ0v) is 4.58. The summed E-state index contributed by atoms with van der Waals surface area (Å²) in [5, 5.41) is 2.56. The van der Waals surface area contributed by atoms with Crippen molar-refractivity contribution in [3.8, 4) is 0 Å². The zero-order chi connectivity index (χ0) is 5.28. The Morgan fingerprint density at radius 3 is 2.71 bits per heavy atom. The number of hydrogen-bond donors (Lipinski definition) is 0. The summed E-state index contributed by atoms with van der Waals surface area (Å²) in [5.41, 5.74) is 0. The molecule has 0 aliphatic heterocycles. The lowest BCUT2D eigenvalue weighted by Gasteiger charge is -1.75. The highest BCUT2D eigenvalue weighted by Gasteiger charge is 1.85. The van der Waals surface area contributed by atoms with Crippen LogP contribution in [-0.4, -0.2) is 4.57 Å². The van der Waals surface area contributed by atoms with Crippen LogP contribution in [0, 0.1) is 11.6 Å². The van der Waals surface area contributed by atoms with Gasteiger partial charge in [0.2, 0.25) is 0 Å². The van der Waals surface area contributed by atoms with Gasteiger partial charge in [0, 0.05) is 7.05 Å². The molecule has 1 aromatic heterocycles. The monoisotopic (exact) mass is 113 g/mol. The summed E-state index contributed by atoms with van der Waals surface area (Å²) in [6, 6.07) is 0. The maximum absolute atomic E-state index is 10.3. The molecule has 0 aliphatic carbocycles.